The fraction of sp³-hybridized carbons (Fsp3) is 1.00. The van der Waals surface area contributed by atoms with Crippen LogP contribution in [0, 0.1) is 0 Å². The largest absolute Gasteiger partial charge is 0.381 e. The van der Waals surface area contributed by atoms with Gasteiger partial charge in [-0.25, -0.2) is 0 Å². The number of ether oxygens (including phenoxy) is 1. The molecule has 17 heavy (non-hydrogen) atoms. The SMILES string of the molecule is CC(CNC1CCCOCC1)N1CCCCC1. The van der Waals surface area contributed by atoms with Gasteiger partial charge >= 0.3 is 0 Å². The van der Waals surface area contributed by atoms with Crippen molar-refractivity contribution in [1.82, 2.24) is 10.2 Å². The molecule has 0 radical (unpaired) electrons. The van der Waals surface area contributed by atoms with E-state index in [0.29, 0.717) is 12.1 Å². The molecule has 2 fully saturated rings. The lowest BCUT2D eigenvalue weighted by Gasteiger charge is -2.33. The van der Waals surface area contributed by atoms with Gasteiger partial charge in [0, 0.05) is 31.8 Å². The molecule has 2 atom stereocenters. The maximum absolute atomic E-state index is 5.50. The second-order valence-electron chi connectivity index (χ2n) is 5.59. The third kappa shape index (κ3) is 4.57. The molecular weight excluding hydrogens is 212 g/mol. The van der Waals surface area contributed by atoms with Crippen molar-refractivity contribution in [2.75, 3.05) is 32.8 Å². The van der Waals surface area contributed by atoms with Crippen molar-refractivity contribution < 1.29 is 4.74 Å². The first-order chi connectivity index (χ1) is 8.36. The van der Waals surface area contributed by atoms with Crippen LogP contribution in [0.1, 0.15) is 45.4 Å². The molecule has 0 saturated carbocycles. The highest BCUT2D eigenvalue weighted by Crippen LogP contribution is 2.13. The quantitative estimate of drug-likeness (QED) is 0.813. The van der Waals surface area contributed by atoms with Gasteiger partial charge in [-0.1, -0.05) is 6.42 Å². The van der Waals surface area contributed by atoms with Crippen LogP contribution < -0.4 is 5.32 Å². The number of rotatable bonds is 4. The van der Waals surface area contributed by atoms with Gasteiger partial charge in [0.2, 0.25) is 0 Å². The summed E-state index contributed by atoms with van der Waals surface area (Å²) in [5.41, 5.74) is 0. The van der Waals surface area contributed by atoms with E-state index in [1.807, 2.05) is 0 Å². The Morgan fingerprint density at radius 1 is 1.12 bits per heavy atom. The summed E-state index contributed by atoms with van der Waals surface area (Å²) in [6.45, 7) is 8.01. The highest BCUT2D eigenvalue weighted by Gasteiger charge is 2.18. The normalized spacial score (nSPS) is 29.8. The van der Waals surface area contributed by atoms with E-state index in [1.165, 1.54) is 51.6 Å². The molecule has 2 aliphatic rings. The van der Waals surface area contributed by atoms with Crippen molar-refractivity contribution in [2.45, 2.75) is 57.5 Å². The zero-order valence-electron chi connectivity index (χ0n) is 11.3. The lowest BCUT2D eigenvalue weighted by molar-refractivity contribution is 0.141. The highest BCUT2D eigenvalue weighted by atomic mass is 16.5. The van der Waals surface area contributed by atoms with Gasteiger partial charge in [0.25, 0.3) is 0 Å². The van der Waals surface area contributed by atoms with Crippen LogP contribution >= 0.6 is 0 Å². The lowest BCUT2D eigenvalue weighted by Crippen LogP contribution is -2.45. The van der Waals surface area contributed by atoms with E-state index in [2.05, 4.69) is 17.1 Å². The summed E-state index contributed by atoms with van der Waals surface area (Å²) in [6.07, 6.45) is 7.90. The Balaban J connectivity index is 1.65. The molecule has 2 saturated heterocycles. The van der Waals surface area contributed by atoms with Crippen LogP contribution in [0.5, 0.6) is 0 Å². The molecule has 3 heteroatoms. The zero-order valence-corrected chi connectivity index (χ0v) is 11.3. The van der Waals surface area contributed by atoms with Crippen LogP contribution in [-0.4, -0.2) is 49.8 Å². The second-order valence-corrected chi connectivity index (χ2v) is 5.59. The average molecular weight is 240 g/mol. The topological polar surface area (TPSA) is 24.5 Å². The van der Waals surface area contributed by atoms with Crippen LogP contribution in [0.2, 0.25) is 0 Å². The minimum absolute atomic E-state index is 0.685. The average Bonchev–Trinajstić information content (AvgIpc) is 2.65. The van der Waals surface area contributed by atoms with Crippen LogP contribution in [0.15, 0.2) is 0 Å². The smallest absolute Gasteiger partial charge is 0.0480 e. The molecular formula is C14H28N2O. The first-order valence-electron chi connectivity index (χ1n) is 7.41. The van der Waals surface area contributed by atoms with E-state index in [4.69, 9.17) is 4.74 Å². The van der Waals surface area contributed by atoms with E-state index in [1.54, 1.807) is 0 Å². The Morgan fingerprint density at radius 3 is 2.76 bits per heavy atom. The summed E-state index contributed by atoms with van der Waals surface area (Å²) in [5, 5.41) is 3.74. The Hall–Kier alpha value is -0.120. The Bertz CT molecular complexity index is 196. The minimum Gasteiger partial charge on any atom is -0.381 e. The van der Waals surface area contributed by atoms with Gasteiger partial charge in [-0.15, -0.1) is 0 Å². The van der Waals surface area contributed by atoms with E-state index < -0.39 is 0 Å². The third-order valence-corrected chi connectivity index (χ3v) is 4.17. The third-order valence-electron chi connectivity index (χ3n) is 4.17. The predicted octanol–water partition coefficient (Wildman–Crippen LogP) is 2.02. The van der Waals surface area contributed by atoms with Crippen molar-refractivity contribution in [3.05, 3.63) is 0 Å². The van der Waals surface area contributed by atoms with Gasteiger partial charge in [0.15, 0.2) is 0 Å². The minimum atomic E-state index is 0.685. The van der Waals surface area contributed by atoms with Crippen molar-refractivity contribution in [3.8, 4) is 0 Å². The number of likely N-dealkylation sites (tertiary alicyclic amines) is 1. The van der Waals surface area contributed by atoms with Gasteiger partial charge in [-0.05, 0) is 52.1 Å². The molecule has 2 rings (SSSR count). The first kappa shape index (κ1) is 13.3. The first-order valence-corrected chi connectivity index (χ1v) is 7.41. The summed E-state index contributed by atoms with van der Waals surface area (Å²) >= 11 is 0. The van der Waals surface area contributed by atoms with E-state index >= 15 is 0 Å². The molecule has 3 nitrogen and oxygen atoms in total. The summed E-state index contributed by atoms with van der Waals surface area (Å²) in [5.74, 6) is 0. The van der Waals surface area contributed by atoms with Crippen molar-refractivity contribution >= 4 is 0 Å². The van der Waals surface area contributed by atoms with Crippen LogP contribution in [0.25, 0.3) is 0 Å². The number of hydrogen-bond acceptors (Lipinski definition) is 3. The summed E-state index contributed by atoms with van der Waals surface area (Å²) in [7, 11) is 0. The summed E-state index contributed by atoms with van der Waals surface area (Å²) in [4.78, 5) is 2.64. The van der Waals surface area contributed by atoms with Gasteiger partial charge in [0.1, 0.15) is 0 Å². The maximum Gasteiger partial charge on any atom is 0.0480 e. The van der Waals surface area contributed by atoms with Gasteiger partial charge < -0.3 is 10.1 Å². The van der Waals surface area contributed by atoms with Crippen LogP contribution in [0.4, 0.5) is 0 Å². The van der Waals surface area contributed by atoms with Gasteiger partial charge in [-0.2, -0.15) is 0 Å². The van der Waals surface area contributed by atoms with Crippen molar-refractivity contribution in [2.24, 2.45) is 0 Å². The molecule has 1 N–H and O–H groups in total. The fourth-order valence-electron chi connectivity index (χ4n) is 2.93. The Morgan fingerprint density at radius 2 is 1.94 bits per heavy atom. The molecule has 0 aromatic rings. The second kappa shape index (κ2) is 7.34. The molecule has 0 amide bonds. The molecule has 2 unspecified atom stereocenters. The number of hydrogen-bond donors (Lipinski definition) is 1. The Labute approximate surface area is 106 Å². The highest BCUT2D eigenvalue weighted by molar-refractivity contribution is 4.76. The zero-order chi connectivity index (χ0) is 11.9. The molecule has 0 aromatic carbocycles. The standard InChI is InChI=1S/C14H28N2O/c1-13(16-8-3-2-4-9-16)12-15-14-6-5-10-17-11-7-14/h13-15H,2-12H2,1H3. The Kier molecular flexibility index (Phi) is 5.75. The molecule has 100 valence electrons. The van der Waals surface area contributed by atoms with E-state index in [-0.39, 0.29) is 0 Å². The fourth-order valence-corrected chi connectivity index (χ4v) is 2.93. The summed E-state index contributed by atoms with van der Waals surface area (Å²) in [6, 6.07) is 1.38. The van der Waals surface area contributed by atoms with E-state index in [9.17, 15) is 0 Å². The maximum atomic E-state index is 5.50. The van der Waals surface area contributed by atoms with E-state index in [0.717, 1.165) is 19.8 Å². The molecule has 2 aliphatic heterocycles. The number of piperidine rings is 1. The number of nitrogens with one attached hydrogen (secondary N) is 1. The molecule has 0 spiro atoms. The summed E-state index contributed by atoms with van der Waals surface area (Å²) < 4.78 is 5.50. The predicted molar refractivity (Wildman–Crippen MR) is 71.3 cm³/mol. The van der Waals surface area contributed by atoms with Crippen LogP contribution in [0.3, 0.4) is 0 Å². The van der Waals surface area contributed by atoms with Gasteiger partial charge in [0.05, 0.1) is 0 Å². The van der Waals surface area contributed by atoms with Crippen molar-refractivity contribution in [3.63, 3.8) is 0 Å². The molecule has 0 aliphatic carbocycles. The number of nitrogens with zero attached hydrogens (tertiary/aromatic N) is 1. The van der Waals surface area contributed by atoms with Crippen molar-refractivity contribution in [1.29, 1.82) is 0 Å². The molecule has 0 bridgehead atoms. The lowest BCUT2D eigenvalue weighted by atomic mass is 10.1. The van der Waals surface area contributed by atoms with Gasteiger partial charge in [-0.3, -0.25) is 4.90 Å². The monoisotopic (exact) mass is 240 g/mol. The molecule has 0 aromatic heterocycles. The van der Waals surface area contributed by atoms with Crippen LogP contribution in [-0.2, 0) is 4.74 Å². The molecule has 2 heterocycles.